The number of hydrogen-bond donors (Lipinski definition) is 0. The van der Waals surface area contributed by atoms with Gasteiger partial charge in [-0.25, -0.2) is 0 Å². The SMILES string of the molecule is CCSC1CC(C)N(C)C1. The van der Waals surface area contributed by atoms with Gasteiger partial charge in [0.15, 0.2) is 0 Å². The lowest BCUT2D eigenvalue weighted by Gasteiger charge is -2.12. The first kappa shape index (κ1) is 8.41. The second-order valence-electron chi connectivity index (χ2n) is 3.10. The maximum atomic E-state index is 2.45. The van der Waals surface area contributed by atoms with Crippen LogP contribution in [0.5, 0.6) is 0 Å². The lowest BCUT2D eigenvalue weighted by Crippen LogP contribution is -2.21. The van der Waals surface area contributed by atoms with Crippen molar-refractivity contribution >= 4 is 11.8 Å². The molecule has 1 rings (SSSR count). The lowest BCUT2D eigenvalue weighted by atomic mass is 10.2. The summed E-state index contributed by atoms with van der Waals surface area (Å²) in [5.74, 6) is 1.27. The quantitative estimate of drug-likeness (QED) is 0.605. The Morgan fingerprint density at radius 2 is 2.30 bits per heavy atom. The van der Waals surface area contributed by atoms with E-state index in [1.165, 1.54) is 18.7 Å². The molecule has 0 N–H and O–H groups in total. The summed E-state index contributed by atoms with van der Waals surface area (Å²) in [4.78, 5) is 2.45. The summed E-state index contributed by atoms with van der Waals surface area (Å²) in [5, 5.41) is 0.907. The van der Waals surface area contributed by atoms with E-state index in [1.54, 1.807) is 0 Å². The van der Waals surface area contributed by atoms with Crippen molar-refractivity contribution in [3.63, 3.8) is 0 Å². The first-order valence-corrected chi connectivity index (χ1v) is 5.10. The van der Waals surface area contributed by atoms with Crippen LogP contribution >= 0.6 is 11.8 Å². The van der Waals surface area contributed by atoms with E-state index in [2.05, 4.69) is 37.6 Å². The Hall–Kier alpha value is 0.310. The summed E-state index contributed by atoms with van der Waals surface area (Å²) < 4.78 is 0. The highest BCUT2D eigenvalue weighted by atomic mass is 32.2. The highest BCUT2D eigenvalue weighted by molar-refractivity contribution is 7.99. The molecule has 1 nitrogen and oxygen atoms in total. The molecule has 0 spiro atoms. The summed E-state index contributed by atoms with van der Waals surface area (Å²) in [7, 11) is 2.22. The third-order valence-electron chi connectivity index (χ3n) is 2.25. The molecular weight excluding hydrogens is 142 g/mol. The first-order chi connectivity index (χ1) is 4.74. The molecule has 0 aromatic heterocycles. The minimum Gasteiger partial charge on any atom is -0.303 e. The summed E-state index contributed by atoms with van der Waals surface area (Å²) in [6.45, 7) is 5.85. The van der Waals surface area contributed by atoms with Crippen LogP contribution in [0.2, 0.25) is 0 Å². The van der Waals surface area contributed by atoms with Crippen LogP contribution < -0.4 is 0 Å². The molecule has 1 heterocycles. The van der Waals surface area contributed by atoms with Crippen LogP contribution in [-0.4, -0.2) is 35.5 Å². The van der Waals surface area contributed by atoms with Crippen LogP contribution in [0.25, 0.3) is 0 Å². The molecule has 1 aliphatic rings. The maximum Gasteiger partial charge on any atom is 0.0189 e. The van der Waals surface area contributed by atoms with Crippen molar-refractivity contribution in [2.75, 3.05) is 19.3 Å². The van der Waals surface area contributed by atoms with Crippen LogP contribution in [0.15, 0.2) is 0 Å². The number of rotatable bonds is 2. The van der Waals surface area contributed by atoms with Gasteiger partial charge in [0.05, 0.1) is 0 Å². The molecule has 2 unspecified atom stereocenters. The van der Waals surface area contributed by atoms with E-state index in [0.29, 0.717) is 0 Å². The van der Waals surface area contributed by atoms with Crippen LogP contribution in [0, 0.1) is 0 Å². The zero-order valence-corrected chi connectivity index (χ0v) is 7.95. The Morgan fingerprint density at radius 3 is 2.70 bits per heavy atom. The largest absolute Gasteiger partial charge is 0.303 e. The molecule has 0 aliphatic carbocycles. The molecule has 1 fully saturated rings. The van der Waals surface area contributed by atoms with Crippen LogP contribution in [0.1, 0.15) is 20.3 Å². The zero-order chi connectivity index (χ0) is 7.56. The fourth-order valence-electron chi connectivity index (χ4n) is 1.49. The van der Waals surface area contributed by atoms with Crippen LogP contribution in [-0.2, 0) is 0 Å². The van der Waals surface area contributed by atoms with E-state index in [9.17, 15) is 0 Å². The number of thioether (sulfide) groups is 1. The minimum atomic E-state index is 0.809. The minimum absolute atomic E-state index is 0.809. The highest BCUT2D eigenvalue weighted by Crippen LogP contribution is 2.25. The topological polar surface area (TPSA) is 3.24 Å². The summed E-state index contributed by atoms with van der Waals surface area (Å²) in [6.07, 6.45) is 1.38. The van der Waals surface area contributed by atoms with Gasteiger partial charge in [0.25, 0.3) is 0 Å². The predicted molar refractivity (Wildman–Crippen MR) is 48.6 cm³/mol. The van der Waals surface area contributed by atoms with E-state index in [1.807, 2.05) is 0 Å². The molecular formula is C8H17NS. The monoisotopic (exact) mass is 159 g/mol. The Labute approximate surface area is 68.2 Å². The molecule has 0 saturated carbocycles. The Balaban J connectivity index is 2.27. The van der Waals surface area contributed by atoms with Gasteiger partial charge in [-0.15, -0.1) is 0 Å². The molecule has 0 aromatic carbocycles. The molecule has 1 aliphatic heterocycles. The third-order valence-corrected chi connectivity index (χ3v) is 3.40. The maximum absolute atomic E-state index is 2.45. The molecule has 1 saturated heterocycles. The van der Waals surface area contributed by atoms with Crippen LogP contribution in [0.4, 0.5) is 0 Å². The molecule has 0 bridgehead atoms. The average molecular weight is 159 g/mol. The summed E-state index contributed by atoms with van der Waals surface area (Å²) in [5.41, 5.74) is 0. The molecule has 0 radical (unpaired) electrons. The second-order valence-corrected chi connectivity index (χ2v) is 4.68. The van der Waals surface area contributed by atoms with E-state index in [4.69, 9.17) is 0 Å². The van der Waals surface area contributed by atoms with Crippen molar-refractivity contribution in [3.05, 3.63) is 0 Å². The molecule has 10 heavy (non-hydrogen) atoms. The molecule has 0 amide bonds. The number of likely N-dealkylation sites (tertiary alicyclic amines) is 1. The standard InChI is InChI=1S/C8H17NS/c1-4-10-8-5-7(2)9(3)6-8/h7-8H,4-6H2,1-3H3. The number of nitrogens with zero attached hydrogens (tertiary/aromatic N) is 1. The van der Waals surface area contributed by atoms with Gasteiger partial charge in [-0.2, -0.15) is 11.8 Å². The smallest absolute Gasteiger partial charge is 0.0189 e. The van der Waals surface area contributed by atoms with E-state index in [-0.39, 0.29) is 0 Å². The highest BCUT2D eigenvalue weighted by Gasteiger charge is 2.25. The van der Waals surface area contributed by atoms with Crippen molar-refractivity contribution in [3.8, 4) is 0 Å². The second kappa shape index (κ2) is 3.63. The molecule has 60 valence electrons. The third kappa shape index (κ3) is 1.89. The molecule has 0 aromatic rings. The summed E-state index contributed by atoms with van der Waals surface area (Å²) >= 11 is 2.10. The van der Waals surface area contributed by atoms with Gasteiger partial charge >= 0.3 is 0 Å². The van der Waals surface area contributed by atoms with Gasteiger partial charge in [-0.3, -0.25) is 0 Å². The Kier molecular flexibility index (Phi) is 3.05. The van der Waals surface area contributed by atoms with Crippen molar-refractivity contribution in [1.29, 1.82) is 0 Å². The van der Waals surface area contributed by atoms with Gasteiger partial charge < -0.3 is 4.90 Å². The van der Waals surface area contributed by atoms with Gasteiger partial charge in [0.2, 0.25) is 0 Å². The summed E-state index contributed by atoms with van der Waals surface area (Å²) in [6, 6.07) is 0.809. The van der Waals surface area contributed by atoms with E-state index >= 15 is 0 Å². The lowest BCUT2D eigenvalue weighted by molar-refractivity contribution is 0.331. The first-order valence-electron chi connectivity index (χ1n) is 4.06. The zero-order valence-electron chi connectivity index (χ0n) is 7.13. The normalized spacial score (nSPS) is 35.1. The van der Waals surface area contributed by atoms with Crippen LogP contribution in [0.3, 0.4) is 0 Å². The molecule has 2 atom stereocenters. The van der Waals surface area contributed by atoms with Gasteiger partial charge in [-0.05, 0) is 26.1 Å². The fourth-order valence-corrected chi connectivity index (χ4v) is 2.72. The fraction of sp³-hybridized carbons (Fsp3) is 1.00. The van der Waals surface area contributed by atoms with Gasteiger partial charge in [0.1, 0.15) is 0 Å². The van der Waals surface area contributed by atoms with E-state index in [0.717, 1.165) is 11.3 Å². The van der Waals surface area contributed by atoms with Crippen molar-refractivity contribution < 1.29 is 0 Å². The van der Waals surface area contributed by atoms with Crippen molar-refractivity contribution in [2.24, 2.45) is 0 Å². The van der Waals surface area contributed by atoms with Crippen molar-refractivity contribution in [2.45, 2.75) is 31.6 Å². The van der Waals surface area contributed by atoms with Gasteiger partial charge in [-0.1, -0.05) is 6.92 Å². The number of hydrogen-bond acceptors (Lipinski definition) is 2. The average Bonchev–Trinajstić information content (AvgIpc) is 2.14. The Morgan fingerprint density at radius 1 is 1.60 bits per heavy atom. The Bertz CT molecular complexity index is 95.4. The molecule has 2 heteroatoms. The van der Waals surface area contributed by atoms with Gasteiger partial charge in [0, 0.05) is 17.8 Å². The van der Waals surface area contributed by atoms with Crippen molar-refractivity contribution in [1.82, 2.24) is 4.90 Å². The predicted octanol–water partition coefficient (Wildman–Crippen LogP) is 1.83. The van der Waals surface area contributed by atoms with E-state index < -0.39 is 0 Å².